The molecule has 6 heteroatoms. The molecule has 0 aliphatic rings. The van der Waals surface area contributed by atoms with Crippen LogP contribution >= 0.6 is 0 Å². The normalized spacial score (nSPS) is 12.9. The van der Waals surface area contributed by atoms with Gasteiger partial charge in [-0.15, -0.1) is 0 Å². The molecule has 0 aliphatic heterocycles. The lowest BCUT2D eigenvalue weighted by atomic mass is 10.0. The van der Waals surface area contributed by atoms with Gasteiger partial charge in [-0.2, -0.15) is 0 Å². The average Bonchev–Trinajstić information content (AvgIpc) is 3.29. The van der Waals surface area contributed by atoms with Gasteiger partial charge in [-0.3, -0.25) is 9.59 Å². The van der Waals surface area contributed by atoms with E-state index in [4.69, 9.17) is 4.74 Å². The van der Waals surface area contributed by atoms with Crippen molar-refractivity contribution in [1.82, 2.24) is 5.32 Å². The molecule has 0 aromatic heterocycles. The van der Waals surface area contributed by atoms with E-state index in [0.29, 0.717) is 25.9 Å². The molecule has 0 heterocycles. The summed E-state index contributed by atoms with van der Waals surface area (Å²) in [6, 6.07) is -0.554. The first-order valence-corrected chi connectivity index (χ1v) is 28.2. The lowest BCUT2D eigenvalue weighted by Crippen LogP contribution is -2.45. The third kappa shape index (κ3) is 49.5. The predicted molar refractivity (Wildman–Crippen MR) is 278 cm³/mol. The van der Waals surface area contributed by atoms with E-state index in [1.165, 1.54) is 193 Å². The first-order valence-electron chi connectivity index (χ1n) is 28.2. The first kappa shape index (κ1) is 62.1. The molecule has 64 heavy (non-hydrogen) atoms. The fourth-order valence-corrected chi connectivity index (χ4v) is 8.55. The number of allylic oxidation sites excluding steroid dienone is 6. The number of amides is 1. The van der Waals surface area contributed by atoms with Gasteiger partial charge in [-0.25, -0.2) is 0 Å². The van der Waals surface area contributed by atoms with Crippen molar-refractivity contribution in [1.29, 1.82) is 0 Å². The molecule has 0 saturated carbocycles. The maximum Gasteiger partial charge on any atom is 0.305 e. The summed E-state index contributed by atoms with van der Waals surface area (Å²) in [6.45, 7) is 4.90. The molecule has 0 rings (SSSR count). The lowest BCUT2D eigenvalue weighted by molar-refractivity contribution is -0.143. The van der Waals surface area contributed by atoms with Crippen LogP contribution in [0, 0.1) is 0 Å². The Labute approximate surface area is 398 Å². The van der Waals surface area contributed by atoms with E-state index in [1.807, 2.05) is 0 Å². The zero-order chi connectivity index (χ0) is 46.5. The Hall–Kier alpha value is -1.92. The Bertz CT molecular complexity index is 1040. The van der Waals surface area contributed by atoms with Gasteiger partial charge in [-0.05, 0) is 83.5 Å². The van der Waals surface area contributed by atoms with Crippen molar-refractivity contribution in [3.63, 3.8) is 0 Å². The van der Waals surface area contributed by atoms with Crippen LogP contribution in [-0.4, -0.2) is 47.4 Å². The predicted octanol–water partition coefficient (Wildman–Crippen LogP) is 17.2. The Morgan fingerprint density at radius 1 is 0.438 bits per heavy atom. The Morgan fingerprint density at radius 2 is 0.781 bits per heavy atom. The summed E-state index contributed by atoms with van der Waals surface area (Å²) in [5.41, 5.74) is 0. The minimum absolute atomic E-state index is 0.0169. The second-order valence-corrected chi connectivity index (χ2v) is 19.3. The Morgan fingerprint density at radius 3 is 1.23 bits per heavy atom. The van der Waals surface area contributed by atoms with E-state index in [2.05, 4.69) is 55.6 Å². The topological polar surface area (TPSA) is 95.9 Å². The van der Waals surface area contributed by atoms with Crippen LogP contribution in [-0.2, 0) is 14.3 Å². The molecular weight excluding hydrogens is 791 g/mol. The second kappa shape index (κ2) is 53.7. The number of aliphatic hydroxyl groups excluding tert-OH is 2. The summed E-state index contributed by atoms with van der Waals surface area (Å²) in [5, 5.41) is 23.3. The largest absolute Gasteiger partial charge is 0.466 e. The standard InChI is InChI=1S/C58H109NO5/c1-3-5-7-9-11-13-15-17-19-23-26-30-34-38-42-46-50-56(61)55(54-60)59-57(62)51-47-43-39-35-31-27-24-20-21-25-29-33-37-41-45-49-53-64-58(63)52-48-44-40-36-32-28-22-18-16-14-12-10-8-6-4-2/h12,14,18,20,22,24,55-56,60-61H,3-11,13,15-17,19,21,23,25-54H2,1-2H3,(H,59,62)/b14-12-,22-18-,24-20-. The third-order valence-electron chi connectivity index (χ3n) is 12.9. The second-order valence-electron chi connectivity index (χ2n) is 19.3. The number of hydrogen-bond acceptors (Lipinski definition) is 5. The number of rotatable bonds is 52. The van der Waals surface area contributed by atoms with Gasteiger partial charge < -0.3 is 20.3 Å². The number of esters is 1. The van der Waals surface area contributed by atoms with Crippen LogP contribution in [0.5, 0.6) is 0 Å². The van der Waals surface area contributed by atoms with Crippen molar-refractivity contribution in [2.45, 2.75) is 309 Å². The molecule has 1 amide bonds. The number of nitrogens with one attached hydrogen (secondary N) is 1. The van der Waals surface area contributed by atoms with Crippen molar-refractivity contribution >= 4 is 11.9 Å². The molecule has 0 radical (unpaired) electrons. The summed E-state index contributed by atoms with van der Waals surface area (Å²) in [6.07, 6.45) is 65.5. The lowest BCUT2D eigenvalue weighted by Gasteiger charge is -2.22. The molecule has 6 nitrogen and oxygen atoms in total. The van der Waals surface area contributed by atoms with Crippen LogP contribution in [0.25, 0.3) is 0 Å². The highest BCUT2D eigenvalue weighted by Crippen LogP contribution is 2.16. The molecule has 3 N–H and O–H groups in total. The molecule has 0 aromatic rings. The van der Waals surface area contributed by atoms with E-state index in [1.54, 1.807) is 0 Å². The van der Waals surface area contributed by atoms with E-state index in [-0.39, 0.29) is 18.5 Å². The molecule has 0 spiro atoms. The van der Waals surface area contributed by atoms with Gasteiger partial charge in [0.2, 0.25) is 5.91 Å². The number of carbonyl (C=O) groups excluding carboxylic acids is 2. The summed E-state index contributed by atoms with van der Waals surface area (Å²) >= 11 is 0. The van der Waals surface area contributed by atoms with Crippen LogP contribution in [0.4, 0.5) is 0 Å². The van der Waals surface area contributed by atoms with Crippen molar-refractivity contribution < 1.29 is 24.5 Å². The number of hydrogen-bond donors (Lipinski definition) is 3. The van der Waals surface area contributed by atoms with Crippen molar-refractivity contribution in [3.8, 4) is 0 Å². The average molecular weight is 901 g/mol. The SMILES string of the molecule is CCCCC/C=C\C/C=C\CCCCCCCC(=O)OCCCCCCCCC/C=C\CCCCCCCC(=O)NC(CO)C(O)CCCCCCCCCCCCCCCCCC. The number of carbonyl (C=O) groups is 2. The maximum absolute atomic E-state index is 12.5. The van der Waals surface area contributed by atoms with Crippen molar-refractivity contribution in [2.75, 3.05) is 13.2 Å². The van der Waals surface area contributed by atoms with Crippen molar-refractivity contribution in [2.24, 2.45) is 0 Å². The minimum Gasteiger partial charge on any atom is -0.466 e. The molecular formula is C58H109NO5. The molecule has 0 saturated heterocycles. The van der Waals surface area contributed by atoms with Gasteiger partial charge in [0.05, 0.1) is 25.4 Å². The molecule has 0 fully saturated rings. The zero-order valence-corrected chi connectivity index (χ0v) is 42.8. The highest BCUT2D eigenvalue weighted by atomic mass is 16.5. The highest BCUT2D eigenvalue weighted by molar-refractivity contribution is 5.76. The Kier molecular flexibility index (Phi) is 52.1. The molecule has 0 aromatic carbocycles. The van der Waals surface area contributed by atoms with Gasteiger partial charge in [0.1, 0.15) is 0 Å². The molecule has 0 bridgehead atoms. The van der Waals surface area contributed by atoms with Gasteiger partial charge in [0, 0.05) is 12.8 Å². The summed E-state index contributed by atoms with van der Waals surface area (Å²) in [5.74, 6) is -0.0687. The summed E-state index contributed by atoms with van der Waals surface area (Å²) in [4.78, 5) is 24.5. The number of unbranched alkanes of at least 4 members (excludes halogenated alkanes) is 35. The van der Waals surface area contributed by atoms with Gasteiger partial charge in [-0.1, -0.05) is 237 Å². The van der Waals surface area contributed by atoms with Gasteiger partial charge in [0.25, 0.3) is 0 Å². The van der Waals surface area contributed by atoms with E-state index in [0.717, 1.165) is 70.6 Å². The van der Waals surface area contributed by atoms with Crippen LogP contribution in [0.3, 0.4) is 0 Å². The third-order valence-corrected chi connectivity index (χ3v) is 12.9. The molecule has 376 valence electrons. The highest BCUT2D eigenvalue weighted by Gasteiger charge is 2.20. The van der Waals surface area contributed by atoms with Crippen LogP contribution in [0.15, 0.2) is 36.5 Å². The Balaban J connectivity index is 3.48. The zero-order valence-electron chi connectivity index (χ0n) is 42.8. The van der Waals surface area contributed by atoms with Gasteiger partial charge >= 0.3 is 5.97 Å². The molecule has 2 unspecified atom stereocenters. The molecule has 0 aliphatic carbocycles. The fraction of sp³-hybridized carbons (Fsp3) is 0.862. The molecule has 2 atom stereocenters. The van der Waals surface area contributed by atoms with Gasteiger partial charge in [0.15, 0.2) is 0 Å². The van der Waals surface area contributed by atoms with E-state index >= 15 is 0 Å². The number of aliphatic hydroxyl groups is 2. The summed E-state index contributed by atoms with van der Waals surface area (Å²) in [7, 11) is 0. The summed E-state index contributed by atoms with van der Waals surface area (Å²) < 4.78 is 5.46. The number of ether oxygens (including phenoxy) is 1. The monoisotopic (exact) mass is 900 g/mol. The quantitative estimate of drug-likeness (QED) is 0.0321. The van der Waals surface area contributed by atoms with E-state index < -0.39 is 12.1 Å². The van der Waals surface area contributed by atoms with E-state index in [9.17, 15) is 19.8 Å². The van der Waals surface area contributed by atoms with Crippen LogP contribution in [0.1, 0.15) is 296 Å². The maximum atomic E-state index is 12.5. The van der Waals surface area contributed by atoms with Crippen LogP contribution < -0.4 is 5.32 Å². The minimum atomic E-state index is -0.675. The van der Waals surface area contributed by atoms with Crippen molar-refractivity contribution in [3.05, 3.63) is 36.5 Å². The first-order chi connectivity index (χ1) is 31.5. The van der Waals surface area contributed by atoms with Crippen LogP contribution in [0.2, 0.25) is 0 Å². The smallest absolute Gasteiger partial charge is 0.305 e. The fourth-order valence-electron chi connectivity index (χ4n) is 8.55.